The fourth-order valence-electron chi connectivity index (χ4n) is 4.28. The van der Waals surface area contributed by atoms with E-state index in [4.69, 9.17) is 0 Å². The number of fused-ring (bicyclic) bond motifs is 3. The second kappa shape index (κ2) is 1.19. The monoisotopic (exact) mass is 136 g/mol. The number of hydrogen-bond acceptors (Lipinski definition) is 0. The first-order chi connectivity index (χ1) is 4.72. The first kappa shape index (κ1) is 5.62. The third kappa shape index (κ3) is 0.320. The summed E-state index contributed by atoms with van der Waals surface area (Å²) in [6, 6.07) is 0. The predicted molar refractivity (Wildman–Crippen MR) is 41.7 cm³/mol. The predicted octanol–water partition coefficient (Wildman–Crippen LogP) is 2.83. The molecule has 0 bridgehead atoms. The molecule has 0 N–H and O–H groups in total. The van der Waals surface area contributed by atoms with Crippen LogP contribution in [0.5, 0.6) is 0 Å². The van der Waals surface area contributed by atoms with Crippen molar-refractivity contribution in [3.63, 3.8) is 0 Å². The molecule has 0 aromatic rings. The summed E-state index contributed by atoms with van der Waals surface area (Å²) >= 11 is 0. The van der Waals surface area contributed by atoms with Crippen molar-refractivity contribution in [2.45, 2.75) is 39.5 Å². The summed E-state index contributed by atoms with van der Waals surface area (Å²) in [6.45, 7) is 4.98. The molecule has 4 unspecified atom stereocenters. The Labute approximate surface area is 63.0 Å². The van der Waals surface area contributed by atoms with Crippen molar-refractivity contribution < 1.29 is 0 Å². The van der Waals surface area contributed by atoms with Crippen LogP contribution < -0.4 is 0 Å². The lowest BCUT2D eigenvalue weighted by Gasteiger charge is -2.05. The van der Waals surface area contributed by atoms with Gasteiger partial charge >= 0.3 is 0 Å². The van der Waals surface area contributed by atoms with E-state index in [0.717, 1.165) is 22.7 Å². The van der Waals surface area contributed by atoms with Gasteiger partial charge in [-0.05, 0) is 41.9 Å². The minimum absolute atomic E-state index is 0.840. The standard InChI is InChI=1S/C10H16/c1-7-6-10(7)8-4-3-5-9(8,10)2/h7-8H,3-6H2,1-2H3. The smallest absolute Gasteiger partial charge is 0.0178 e. The molecule has 0 nitrogen and oxygen atoms in total. The normalized spacial score (nSPS) is 70.2. The Kier molecular flexibility index (Phi) is 0.669. The van der Waals surface area contributed by atoms with Gasteiger partial charge in [-0.2, -0.15) is 0 Å². The molecule has 4 atom stereocenters. The second-order valence-corrected chi connectivity index (χ2v) is 5.01. The van der Waals surface area contributed by atoms with Gasteiger partial charge in [0.05, 0.1) is 0 Å². The van der Waals surface area contributed by atoms with E-state index >= 15 is 0 Å². The van der Waals surface area contributed by atoms with Crippen LogP contribution in [0.25, 0.3) is 0 Å². The highest BCUT2D eigenvalue weighted by molar-refractivity contribution is 5.31. The van der Waals surface area contributed by atoms with Crippen LogP contribution in [0.15, 0.2) is 0 Å². The van der Waals surface area contributed by atoms with Crippen LogP contribution in [-0.2, 0) is 0 Å². The van der Waals surface area contributed by atoms with Crippen molar-refractivity contribution in [2.75, 3.05) is 0 Å². The first-order valence-corrected chi connectivity index (χ1v) is 4.72. The maximum absolute atomic E-state index is 2.54. The SMILES string of the molecule is CC1CC12C1CCCC12C. The molecular formula is C10H16. The summed E-state index contributed by atoms with van der Waals surface area (Å²) in [4.78, 5) is 0. The molecule has 0 aromatic heterocycles. The summed E-state index contributed by atoms with van der Waals surface area (Å²) in [7, 11) is 0. The van der Waals surface area contributed by atoms with Crippen LogP contribution in [-0.4, -0.2) is 0 Å². The molecule has 0 aliphatic heterocycles. The lowest BCUT2D eigenvalue weighted by atomic mass is 9.99. The van der Waals surface area contributed by atoms with Gasteiger partial charge in [-0.1, -0.05) is 20.3 Å². The fourth-order valence-corrected chi connectivity index (χ4v) is 4.28. The third-order valence-corrected chi connectivity index (χ3v) is 4.92. The third-order valence-electron chi connectivity index (χ3n) is 4.92. The average molecular weight is 136 g/mol. The van der Waals surface area contributed by atoms with Crippen LogP contribution in [0.3, 0.4) is 0 Å². The van der Waals surface area contributed by atoms with Gasteiger partial charge in [0.1, 0.15) is 0 Å². The largest absolute Gasteiger partial charge is 0.0619 e. The zero-order chi connectivity index (χ0) is 6.98. The summed E-state index contributed by atoms with van der Waals surface area (Å²) < 4.78 is 0. The summed E-state index contributed by atoms with van der Waals surface area (Å²) in [5, 5.41) is 0. The molecule has 10 heavy (non-hydrogen) atoms. The van der Waals surface area contributed by atoms with Crippen LogP contribution in [0, 0.1) is 22.7 Å². The molecule has 0 amide bonds. The van der Waals surface area contributed by atoms with E-state index in [0.29, 0.717) is 0 Å². The Balaban J connectivity index is 1.97. The van der Waals surface area contributed by atoms with Crippen molar-refractivity contribution in [3.8, 4) is 0 Å². The van der Waals surface area contributed by atoms with Gasteiger partial charge in [-0.25, -0.2) is 0 Å². The van der Waals surface area contributed by atoms with Crippen LogP contribution >= 0.6 is 0 Å². The fraction of sp³-hybridized carbons (Fsp3) is 1.00. The van der Waals surface area contributed by atoms with Crippen molar-refractivity contribution >= 4 is 0 Å². The minimum Gasteiger partial charge on any atom is -0.0619 e. The van der Waals surface area contributed by atoms with Gasteiger partial charge in [-0.3, -0.25) is 0 Å². The molecule has 3 saturated carbocycles. The zero-order valence-electron chi connectivity index (χ0n) is 6.98. The molecule has 56 valence electrons. The van der Waals surface area contributed by atoms with E-state index in [1.165, 1.54) is 6.42 Å². The molecule has 0 radical (unpaired) electrons. The van der Waals surface area contributed by atoms with Gasteiger partial charge < -0.3 is 0 Å². The lowest BCUT2D eigenvalue weighted by Crippen LogP contribution is -1.96. The Bertz CT molecular complexity index is 192. The van der Waals surface area contributed by atoms with E-state index in [9.17, 15) is 0 Å². The molecule has 3 aliphatic carbocycles. The maximum Gasteiger partial charge on any atom is -0.0178 e. The van der Waals surface area contributed by atoms with Gasteiger partial charge in [-0.15, -0.1) is 0 Å². The van der Waals surface area contributed by atoms with Crippen molar-refractivity contribution in [1.82, 2.24) is 0 Å². The Morgan fingerprint density at radius 3 is 2.40 bits per heavy atom. The highest BCUT2D eigenvalue weighted by Gasteiger charge is 2.83. The van der Waals surface area contributed by atoms with Crippen LogP contribution in [0.1, 0.15) is 39.5 Å². The Morgan fingerprint density at radius 1 is 1.40 bits per heavy atom. The molecule has 0 aromatic carbocycles. The van der Waals surface area contributed by atoms with Gasteiger partial charge in [0.2, 0.25) is 0 Å². The second-order valence-electron chi connectivity index (χ2n) is 5.01. The minimum atomic E-state index is 0.840. The average Bonchev–Trinajstić information content (AvgIpc) is 2.53. The molecule has 0 heteroatoms. The first-order valence-electron chi connectivity index (χ1n) is 4.72. The van der Waals surface area contributed by atoms with Crippen molar-refractivity contribution in [1.29, 1.82) is 0 Å². The molecule has 3 aliphatic rings. The topological polar surface area (TPSA) is 0 Å². The van der Waals surface area contributed by atoms with E-state index in [2.05, 4.69) is 13.8 Å². The highest BCUT2D eigenvalue weighted by atomic mass is 14.9. The quantitative estimate of drug-likeness (QED) is 0.480. The molecule has 0 heterocycles. The van der Waals surface area contributed by atoms with Crippen molar-refractivity contribution in [3.05, 3.63) is 0 Å². The lowest BCUT2D eigenvalue weighted by molar-refractivity contribution is 0.444. The van der Waals surface area contributed by atoms with Crippen LogP contribution in [0.4, 0.5) is 0 Å². The Hall–Kier alpha value is 0. The Morgan fingerprint density at radius 2 is 2.10 bits per heavy atom. The summed E-state index contributed by atoms with van der Waals surface area (Å²) in [5.41, 5.74) is 1.75. The van der Waals surface area contributed by atoms with E-state index < -0.39 is 0 Å². The summed E-state index contributed by atoms with van der Waals surface area (Å²) in [6.07, 6.45) is 6.19. The molecule has 3 fully saturated rings. The highest BCUT2D eigenvalue weighted by Crippen LogP contribution is 2.89. The van der Waals surface area contributed by atoms with Crippen molar-refractivity contribution in [2.24, 2.45) is 22.7 Å². The maximum atomic E-state index is 2.54. The number of rotatable bonds is 0. The molecular weight excluding hydrogens is 120 g/mol. The molecule has 3 rings (SSSR count). The van der Waals surface area contributed by atoms with Gasteiger partial charge in [0, 0.05) is 0 Å². The van der Waals surface area contributed by atoms with Crippen LogP contribution in [0.2, 0.25) is 0 Å². The van der Waals surface area contributed by atoms with E-state index in [1.807, 2.05) is 0 Å². The zero-order valence-corrected chi connectivity index (χ0v) is 6.98. The molecule has 0 saturated heterocycles. The van der Waals surface area contributed by atoms with E-state index in [1.54, 1.807) is 19.3 Å². The number of hydrogen-bond donors (Lipinski definition) is 0. The summed E-state index contributed by atoms with van der Waals surface area (Å²) in [5.74, 6) is 2.25. The van der Waals surface area contributed by atoms with E-state index in [-0.39, 0.29) is 0 Å². The molecule has 1 spiro atoms. The van der Waals surface area contributed by atoms with Gasteiger partial charge in [0.15, 0.2) is 0 Å². The van der Waals surface area contributed by atoms with Gasteiger partial charge in [0.25, 0.3) is 0 Å².